The lowest BCUT2D eigenvalue weighted by Crippen LogP contribution is -2.38. The van der Waals surface area contributed by atoms with Crippen molar-refractivity contribution in [1.82, 2.24) is 5.32 Å². The molecular formula is C12H15FN4O2. The molecule has 1 saturated heterocycles. The van der Waals surface area contributed by atoms with E-state index in [4.69, 9.17) is 15.9 Å². The van der Waals surface area contributed by atoms with Crippen LogP contribution in [0.25, 0.3) is 0 Å². The average molecular weight is 266 g/mol. The number of carbonyl (C=O) groups excluding carboxylic acids is 1. The van der Waals surface area contributed by atoms with E-state index in [0.29, 0.717) is 18.9 Å². The number of nitrogens with two attached hydrogens (primary N) is 1. The zero-order valence-electron chi connectivity index (χ0n) is 10.2. The van der Waals surface area contributed by atoms with Gasteiger partial charge in [-0.1, -0.05) is 0 Å². The number of hydrogen-bond acceptors (Lipinski definition) is 3. The van der Waals surface area contributed by atoms with Crippen LogP contribution in [0.2, 0.25) is 0 Å². The highest BCUT2D eigenvalue weighted by atomic mass is 19.1. The second-order valence-electron chi connectivity index (χ2n) is 4.26. The maximum absolute atomic E-state index is 13.1. The molecular weight excluding hydrogens is 251 g/mol. The molecule has 19 heavy (non-hydrogen) atoms. The van der Waals surface area contributed by atoms with Gasteiger partial charge in [-0.25, -0.2) is 9.18 Å². The number of amidine groups is 1. The van der Waals surface area contributed by atoms with E-state index < -0.39 is 11.8 Å². The number of anilines is 1. The molecule has 0 bridgehead atoms. The van der Waals surface area contributed by atoms with E-state index in [1.54, 1.807) is 0 Å². The second-order valence-corrected chi connectivity index (χ2v) is 4.26. The molecule has 0 aliphatic carbocycles. The van der Waals surface area contributed by atoms with E-state index in [2.05, 4.69) is 10.6 Å². The zero-order valence-corrected chi connectivity index (χ0v) is 10.2. The van der Waals surface area contributed by atoms with Crippen LogP contribution in [0.4, 0.5) is 14.9 Å². The van der Waals surface area contributed by atoms with Gasteiger partial charge >= 0.3 is 6.03 Å². The van der Waals surface area contributed by atoms with Crippen molar-refractivity contribution >= 4 is 17.6 Å². The molecule has 102 valence electrons. The highest BCUT2D eigenvalue weighted by Gasteiger charge is 2.18. The van der Waals surface area contributed by atoms with Crippen molar-refractivity contribution in [3.63, 3.8) is 0 Å². The van der Waals surface area contributed by atoms with Crippen molar-refractivity contribution in [3.05, 3.63) is 29.6 Å². The first-order valence-electron chi connectivity index (χ1n) is 5.85. The van der Waals surface area contributed by atoms with Gasteiger partial charge in [0.05, 0.1) is 18.3 Å². The van der Waals surface area contributed by atoms with Gasteiger partial charge in [0.15, 0.2) is 0 Å². The SMILES string of the molecule is N=C(N)c1cc(F)ccc1NC(=O)NC1CCOC1. The molecule has 1 atom stereocenters. The first kappa shape index (κ1) is 13.3. The Morgan fingerprint density at radius 3 is 2.95 bits per heavy atom. The van der Waals surface area contributed by atoms with Gasteiger partial charge in [-0.3, -0.25) is 5.41 Å². The number of hydrogen-bond donors (Lipinski definition) is 4. The minimum absolute atomic E-state index is 0.0266. The maximum atomic E-state index is 13.1. The monoisotopic (exact) mass is 266 g/mol. The highest BCUT2D eigenvalue weighted by molar-refractivity contribution is 6.03. The molecule has 2 rings (SSSR count). The molecule has 5 N–H and O–H groups in total. The predicted molar refractivity (Wildman–Crippen MR) is 68.8 cm³/mol. The Morgan fingerprint density at radius 1 is 1.53 bits per heavy atom. The number of amides is 2. The van der Waals surface area contributed by atoms with Crippen LogP contribution >= 0.6 is 0 Å². The first-order chi connectivity index (χ1) is 9.06. The molecule has 6 nitrogen and oxygen atoms in total. The Morgan fingerprint density at radius 2 is 2.32 bits per heavy atom. The summed E-state index contributed by atoms with van der Waals surface area (Å²) in [5.74, 6) is -0.820. The summed E-state index contributed by atoms with van der Waals surface area (Å²) in [5.41, 5.74) is 5.80. The normalized spacial score (nSPS) is 18.1. The molecule has 0 radical (unpaired) electrons. The van der Waals surface area contributed by atoms with Crippen LogP contribution in [0.5, 0.6) is 0 Å². The van der Waals surface area contributed by atoms with Gasteiger partial charge in [0.25, 0.3) is 0 Å². The second kappa shape index (κ2) is 5.66. The van der Waals surface area contributed by atoms with E-state index in [9.17, 15) is 9.18 Å². The average Bonchev–Trinajstić information content (AvgIpc) is 2.83. The summed E-state index contributed by atoms with van der Waals surface area (Å²) in [6.45, 7) is 1.11. The van der Waals surface area contributed by atoms with E-state index >= 15 is 0 Å². The molecule has 1 aliphatic rings. The lowest BCUT2D eigenvalue weighted by atomic mass is 10.1. The number of nitrogen functional groups attached to an aromatic ring is 1. The molecule has 1 fully saturated rings. The van der Waals surface area contributed by atoms with Gasteiger partial charge in [-0.2, -0.15) is 0 Å². The minimum Gasteiger partial charge on any atom is -0.384 e. The van der Waals surface area contributed by atoms with Gasteiger partial charge in [0, 0.05) is 12.2 Å². The van der Waals surface area contributed by atoms with Crippen LogP contribution in [-0.2, 0) is 4.74 Å². The number of rotatable bonds is 3. The van der Waals surface area contributed by atoms with Crippen molar-refractivity contribution in [1.29, 1.82) is 5.41 Å². The molecule has 2 amide bonds. The fourth-order valence-electron chi connectivity index (χ4n) is 1.84. The number of halogens is 1. The summed E-state index contributed by atoms with van der Waals surface area (Å²) >= 11 is 0. The van der Waals surface area contributed by atoms with Crippen molar-refractivity contribution in [2.24, 2.45) is 5.73 Å². The van der Waals surface area contributed by atoms with Crippen molar-refractivity contribution in [2.75, 3.05) is 18.5 Å². The maximum Gasteiger partial charge on any atom is 0.319 e. The van der Waals surface area contributed by atoms with Crippen LogP contribution in [0, 0.1) is 11.2 Å². The van der Waals surface area contributed by atoms with Crippen LogP contribution < -0.4 is 16.4 Å². The van der Waals surface area contributed by atoms with Crippen molar-refractivity contribution in [2.45, 2.75) is 12.5 Å². The Labute approximate surface area is 109 Å². The number of carbonyl (C=O) groups is 1. The topological polar surface area (TPSA) is 100 Å². The fraction of sp³-hybridized carbons (Fsp3) is 0.333. The molecule has 1 unspecified atom stereocenters. The van der Waals surface area contributed by atoms with Crippen LogP contribution in [-0.4, -0.2) is 31.1 Å². The Bertz CT molecular complexity index is 501. The summed E-state index contributed by atoms with van der Waals surface area (Å²) in [7, 11) is 0. The van der Waals surface area contributed by atoms with Crippen LogP contribution in [0.3, 0.4) is 0 Å². The van der Waals surface area contributed by atoms with Crippen molar-refractivity contribution in [3.8, 4) is 0 Å². The number of urea groups is 1. The fourth-order valence-corrected chi connectivity index (χ4v) is 1.84. The largest absolute Gasteiger partial charge is 0.384 e. The molecule has 0 spiro atoms. The van der Waals surface area contributed by atoms with Gasteiger partial charge < -0.3 is 21.1 Å². The van der Waals surface area contributed by atoms with E-state index in [1.807, 2.05) is 0 Å². The Hall–Kier alpha value is -2.15. The molecule has 1 heterocycles. The number of ether oxygens (including phenoxy) is 1. The molecule has 1 aliphatic heterocycles. The van der Waals surface area contributed by atoms with Gasteiger partial charge in [0.1, 0.15) is 11.7 Å². The molecule has 0 aromatic heterocycles. The molecule has 7 heteroatoms. The summed E-state index contributed by atoms with van der Waals surface area (Å²) < 4.78 is 18.2. The molecule has 1 aromatic carbocycles. The smallest absolute Gasteiger partial charge is 0.319 e. The van der Waals surface area contributed by atoms with E-state index in [-0.39, 0.29) is 17.4 Å². The van der Waals surface area contributed by atoms with E-state index in [0.717, 1.165) is 12.5 Å². The highest BCUT2D eigenvalue weighted by Crippen LogP contribution is 2.16. The van der Waals surface area contributed by atoms with Crippen LogP contribution in [0.15, 0.2) is 18.2 Å². The summed E-state index contributed by atoms with van der Waals surface area (Å²) in [6, 6.07) is 3.22. The quantitative estimate of drug-likeness (QED) is 0.485. The van der Waals surface area contributed by atoms with Gasteiger partial charge in [-0.05, 0) is 24.6 Å². The van der Waals surface area contributed by atoms with E-state index in [1.165, 1.54) is 12.1 Å². The Kier molecular flexibility index (Phi) is 3.96. The van der Waals surface area contributed by atoms with Gasteiger partial charge in [-0.15, -0.1) is 0 Å². The zero-order chi connectivity index (χ0) is 13.8. The summed E-state index contributed by atoms with van der Waals surface area (Å²) in [4.78, 5) is 11.7. The van der Waals surface area contributed by atoms with Crippen LogP contribution in [0.1, 0.15) is 12.0 Å². The molecule has 1 aromatic rings. The number of nitrogens with one attached hydrogen (secondary N) is 3. The lowest BCUT2D eigenvalue weighted by Gasteiger charge is -2.14. The minimum atomic E-state index is -0.514. The predicted octanol–water partition coefficient (Wildman–Crippen LogP) is 1.02. The van der Waals surface area contributed by atoms with Gasteiger partial charge in [0.2, 0.25) is 0 Å². The standard InChI is InChI=1S/C12H15FN4O2/c13-7-1-2-10(9(5-7)11(14)15)17-12(18)16-8-3-4-19-6-8/h1-2,5,8H,3-4,6H2,(H3,14,15)(H2,16,17,18). The third kappa shape index (κ3) is 3.41. The third-order valence-corrected chi connectivity index (χ3v) is 2.78. The lowest BCUT2D eigenvalue weighted by molar-refractivity contribution is 0.189. The van der Waals surface area contributed by atoms with Crippen molar-refractivity contribution < 1.29 is 13.9 Å². The molecule has 0 saturated carbocycles. The summed E-state index contributed by atoms with van der Waals surface area (Å²) in [6.07, 6.45) is 0.760. The number of benzene rings is 1. The first-order valence-corrected chi connectivity index (χ1v) is 5.85. The summed E-state index contributed by atoms with van der Waals surface area (Å²) in [5, 5.41) is 12.6. The third-order valence-electron chi connectivity index (χ3n) is 2.78. The Balaban J connectivity index is 2.05.